The lowest BCUT2D eigenvalue weighted by atomic mass is 10.1. The molecule has 25 heavy (non-hydrogen) atoms. The van der Waals surface area contributed by atoms with Gasteiger partial charge in [0.2, 0.25) is 0 Å². The van der Waals surface area contributed by atoms with Crippen LogP contribution in [-0.2, 0) is 14.8 Å². The summed E-state index contributed by atoms with van der Waals surface area (Å²) in [5.74, 6) is -0.336. The van der Waals surface area contributed by atoms with E-state index in [1.807, 2.05) is 4.90 Å². The number of nitrogens with zero attached hydrogens (tertiary/aromatic N) is 3. The quantitative estimate of drug-likeness (QED) is 0.730. The van der Waals surface area contributed by atoms with Crippen molar-refractivity contribution in [2.75, 3.05) is 11.4 Å². The Bertz CT molecular complexity index is 905. The minimum Gasteiger partial charge on any atom is -0.444 e. The predicted molar refractivity (Wildman–Crippen MR) is 92.4 cm³/mol. The van der Waals surface area contributed by atoms with Crippen LogP contribution in [0, 0.1) is 11.3 Å². The van der Waals surface area contributed by atoms with Crippen LogP contribution in [0.4, 0.5) is 5.69 Å². The van der Waals surface area contributed by atoms with Crippen LogP contribution >= 0.6 is 11.6 Å². The van der Waals surface area contributed by atoms with Crippen LogP contribution in [0.15, 0.2) is 21.4 Å². The van der Waals surface area contributed by atoms with Crippen molar-refractivity contribution >= 4 is 39.1 Å². The maximum atomic E-state index is 12.5. The van der Waals surface area contributed by atoms with E-state index in [-0.39, 0.29) is 15.5 Å². The van der Waals surface area contributed by atoms with Gasteiger partial charge in [0.05, 0.1) is 16.3 Å². The Morgan fingerprint density at radius 3 is 2.88 bits per heavy atom. The molecule has 0 saturated carbocycles. The number of ether oxygens (including phenoxy) is 1. The van der Waals surface area contributed by atoms with Crippen LogP contribution in [0.5, 0.6) is 0 Å². The van der Waals surface area contributed by atoms with Gasteiger partial charge in [0, 0.05) is 13.0 Å². The average Bonchev–Trinajstić information content (AvgIpc) is 2.78. The van der Waals surface area contributed by atoms with Crippen LogP contribution in [-0.4, -0.2) is 32.9 Å². The number of anilines is 1. The predicted octanol–water partition coefficient (Wildman–Crippen LogP) is 2.89. The third kappa shape index (κ3) is 3.34. The lowest BCUT2D eigenvalue weighted by molar-refractivity contribution is 0.0435. The molecule has 2 aliphatic rings. The molecule has 1 saturated heterocycles. The van der Waals surface area contributed by atoms with Gasteiger partial charge in [-0.25, -0.2) is 4.79 Å². The fourth-order valence-electron chi connectivity index (χ4n) is 2.90. The van der Waals surface area contributed by atoms with Crippen molar-refractivity contribution in [3.63, 3.8) is 0 Å². The molecule has 0 bridgehead atoms. The van der Waals surface area contributed by atoms with Crippen molar-refractivity contribution in [2.24, 2.45) is 4.40 Å². The van der Waals surface area contributed by atoms with E-state index < -0.39 is 22.1 Å². The molecule has 0 unspecified atom stereocenters. The SMILES string of the molecule is C[C@@H](C#N)OC(=O)c1cc2c(cc1Cl)N1CCCCCC1=NS2(=O)=O. The van der Waals surface area contributed by atoms with Crippen LogP contribution in [0.3, 0.4) is 0 Å². The maximum Gasteiger partial charge on any atom is 0.341 e. The number of rotatable bonds is 2. The van der Waals surface area contributed by atoms with Crippen LogP contribution in [0.1, 0.15) is 43.0 Å². The molecule has 2 aliphatic heterocycles. The van der Waals surface area contributed by atoms with Gasteiger partial charge in [0.15, 0.2) is 6.10 Å². The number of carbonyl (C=O) groups is 1. The lowest BCUT2D eigenvalue weighted by Crippen LogP contribution is -2.35. The van der Waals surface area contributed by atoms with Crippen molar-refractivity contribution in [3.8, 4) is 6.07 Å². The van der Waals surface area contributed by atoms with E-state index in [1.54, 1.807) is 6.07 Å². The summed E-state index contributed by atoms with van der Waals surface area (Å²) in [7, 11) is -3.92. The van der Waals surface area contributed by atoms with E-state index in [1.165, 1.54) is 19.1 Å². The summed E-state index contributed by atoms with van der Waals surface area (Å²) >= 11 is 6.20. The number of hydrogen-bond donors (Lipinski definition) is 0. The Kier molecular flexibility index (Phi) is 4.71. The van der Waals surface area contributed by atoms with Gasteiger partial charge in [-0.15, -0.1) is 4.40 Å². The molecule has 1 fully saturated rings. The summed E-state index contributed by atoms with van der Waals surface area (Å²) in [6.45, 7) is 2.06. The highest BCUT2D eigenvalue weighted by molar-refractivity contribution is 7.90. The van der Waals surface area contributed by atoms with Gasteiger partial charge in [-0.05, 0) is 31.9 Å². The molecule has 0 aliphatic carbocycles. The first-order valence-corrected chi connectivity index (χ1v) is 9.71. The zero-order chi connectivity index (χ0) is 18.2. The van der Waals surface area contributed by atoms with Gasteiger partial charge >= 0.3 is 5.97 Å². The van der Waals surface area contributed by atoms with E-state index in [4.69, 9.17) is 21.6 Å². The number of amidine groups is 1. The van der Waals surface area contributed by atoms with Gasteiger partial charge in [0.1, 0.15) is 16.8 Å². The number of benzene rings is 1. The normalized spacial score (nSPS) is 19.6. The smallest absolute Gasteiger partial charge is 0.341 e. The fraction of sp³-hybridized carbons (Fsp3) is 0.438. The summed E-state index contributed by atoms with van der Waals surface area (Å²) < 4.78 is 33.9. The number of esters is 1. The topological polar surface area (TPSA) is 99.8 Å². The fourth-order valence-corrected chi connectivity index (χ4v) is 4.40. The molecule has 1 atom stereocenters. The zero-order valence-electron chi connectivity index (χ0n) is 13.5. The van der Waals surface area contributed by atoms with Crippen LogP contribution in [0.2, 0.25) is 5.02 Å². The Morgan fingerprint density at radius 1 is 1.40 bits per heavy atom. The van der Waals surface area contributed by atoms with Crippen LogP contribution < -0.4 is 4.90 Å². The van der Waals surface area contributed by atoms with Crippen molar-refractivity contribution in [2.45, 2.75) is 43.6 Å². The Hall–Kier alpha value is -2.11. The number of sulfonamides is 1. The van der Waals surface area contributed by atoms with Gasteiger partial charge in [-0.1, -0.05) is 18.0 Å². The van der Waals surface area contributed by atoms with E-state index in [0.29, 0.717) is 24.5 Å². The molecule has 0 spiro atoms. The van der Waals surface area contributed by atoms with Crippen molar-refractivity contribution < 1.29 is 17.9 Å². The second-order valence-electron chi connectivity index (χ2n) is 5.92. The highest BCUT2D eigenvalue weighted by Gasteiger charge is 2.33. The zero-order valence-corrected chi connectivity index (χ0v) is 15.1. The van der Waals surface area contributed by atoms with Crippen LogP contribution in [0.25, 0.3) is 0 Å². The van der Waals surface area contributed by atoms with E-state index in [2.05, 4.69) is 4.40 Å². The minimum atomic E-state index is -3.92. The van der Waals surface area contributed by atoms with Crippen molar-refractivity contribution in [1.82, 2.24) is 0 Å². The molecule has 7 nitrogen and oxygen atoms in total. The van der Waals surface area contributed by atoms with E-state index in [9.17, 15) is 13.2 Å². The molecule has 3 rings (SSSR count). The van der Waals surface area contributed by atoms with Crippen molar-refractivity contribution in [3.05, 3.63) is 22.7 Å². The van der Waals surface area contributed by atoms with E-state index >= 15 is 0 Å². The number of fused-ring (bicyclic) bond motifs is 3. The number of nitriles is 1. The second kappa shape index (κ2) is 6.65. The molecule has 0 radical (unpaired) electrons. The summed E-state index contributed by atoms with van der Waals surface area (Å²) in [5.41, 5.74) is 0.335. The van der Waals surface area contributed by atoms with Gasteiger partial charge in [0.25, 0.3) is 10.0 Å². The Labute approximate surface area is 150 Å². The third-order valence-electron chi connectivity index (χ3n) is 4.12. The molecule has 2 heterocycles. The first-order valence-electron chi connectivity index (χ1n) is 7.89. The largest absolute Gasteiger partial charge is 0.444 e. The minimum absolute atomic E-state index is 0.0703. The van der Waals surface area contributed by atoms with Gasteiger partial charge in [-0.2, -0.15) is 13.7 Å². The Balaban J connectivity index is 2.09. The number of carbonyl (C=O) groups excluding carboxylic acids is 1. The average molecular weight is 382 g/mol. The van der Waals surface area contributed by atoms with Gasteiger partial charge in [-0.3, -0.25) is 0 Å². The standard InChI is InChI=1S/C16H16ClN3O4S/c1-10(9-18)24-16(21)11-7-14-13(8-12(11)17)20-6-4-2-3-5-15(20)19-25(14,22)23/h7-8,10H,2-6H2,1H3/t10-/m0/s1. The summed E-state index contributed by atoms with van der Waals surface area (Å²) in [5, 5.41) is 8.83. The lowest BCUT2D eigenvalue weighted by Gasteiger charge is -2.30. The number of halogens is 1. The summed E-state index contributed by atoms with van der Waals surface area (Å²) in [6.07, 6.45) is 2.41. The monoisotopic (exact) mass is 381 g/mol. The first-order chi connectivity index (χ1) is 11.8. The molecular formula is C16H16ClN3O4S. The maximum absolute atomic E-state index is 12.5. The van der Waals surface area contributed by atoms with E-state index in [0.717, 1.165) is 19.3 Å². The molecule has 9 heteroatoms. The summed E-state index contributed by atoms with van der Waals surface area (Å²) in [6, 6.07) is 4.42. The number of hydrogen-bond acceptors (Lipinski definition) is 6. The third-order valence-corrected chi connectivity index (χ3v) is 5.77. The highest BCUT2D eigenvalue weighted by atomic mass is 35.5. The van der Waals surface area contributed by atoms with Gasteiger partial charge < -0.3 is 9.64 Å². The molecule has 1 aromatic rings. The Morgan fingerprint density at radius 2 is 2.16 bits per heavy atom. The molecular weight excluding hydrogens is 366 g/mol. The molecule has 1 aromatic carbocycles. The molecule has 0 aromatic heterocycles. The molecule has 132 valence electrons. The second-order valence-corrected chi connectivity index (χ2v) is 7.90. The summed E-state index contributed by atoms with van der Waals surface area (Å²) in [4.78, 5) is 13.9. The first kappa shape index (κ1) is 17.7. The molecule has 0 N–H and O–H groups in total. The van der Waals surface area contributed by atoms with Crippen molar-refractivity contribution in [1.29, 1.82) is 5.26 Å². The highest BCUT2D eigenvalue weighted by Crippen LogP contribution is 2.38. The molecule has 0 amide bonds.